The number of halogens is 1. The molecule has 2 aromatic carbocycles. The minimum absolute atomic E-state index is 0. The van der Waals surface area contributed by atoms with E-state index in [1.807, 2.05) is 29.2 Å². The Labute approximate surface area is 225 Å². The van der Waals surface area contributed by atoms with Gasteiger partial charge in [-0.1, -0.05) is 6.07 Å². The maximum Gasteiger partial charge on any atom is 0.513 e. The quantitative estimate of drug-likeness (QED) is 0.353. The van der Waals surface area contributed by atoms with E-state index in [2.05, 4.69) is 11.9 Å². The number of methoxy groups -OCH3 is 2. The van der Waals surface area contributed by atoms with Crippen LogP contribution >= 0.6 is 12.4 Å². The number of benzene rings is 2. The van der Waals surface area contributed by atoms with E-state index in [-0.39, 0.29) is 24.9 Å². The second-order valence-electron chi connectivity index (χ2n) is 9.42. The van der Waals surface area contributed by atoms with E-state index in [1.54, 1.807) is 27.2 Å². The molecular formula is C28H37ClN2O6. The van der Waals surface area contributed by atoms with Crippen LogP contribution < -0.4 is 14.2 Å². The van der Waals surface area contributed by atoms with Gasteiger partial charge in [0.25, 0.3) is 0 Å². The summed E-state index contributed by atoms with van der Waals surface area (Å²) in [6.45, 7) is 5.01. The molecule has 37 heavy (non-hydrogen) atoms. The zero-order chi connectivity index (χ0) is 25.7. The molecule has 0 aromatic heterocycles. The molecule has 9 heteroatoms. The average Bonchev–Trinajstić information content (AvgIpc) is 3.08. The van der Waals surface area contributed by atoms with Crippen LogP contribution in [0.3, 0.4) is 0 Å². The van der Waals surface area contributed by atoms with Gasteiger partial charge in [-0.3, -0.25) is 4.79 Å². The van der Waals surface area contributed by atoms with E-state index < -0.39 is 6.16 Å². The molecule has 0 radical (unpaired) electrons. The smallest absolute Gasteiger partial charge is 0.493 e. The highest BCUT2D eigenvalue weighted by Crippen LogP contribution is 2.38. The number of rotatable bonds is 9. The lowest BCUT2D eigenvalue weighted by Crippen LogP contribution is -2.37. The van der Waals surface area contributed by atoms with E-state index in [1.165, 1.54) is 22.3 Å². The molecule has 8 nitrogen and oxygen atoms in total. The summed E-state index contributed by atoms with van der Waals surface area (Å²) in [6, 6.07) is 9.82. The lowest BCUT2D eigenvalue weighted by molar-refractivity contribution is -0.131. The Bertz CT molecular complexity index is 1070. The summed E-state index contributed by atoms with van der Waals surface area (Å²) in [6.07, 6.45) is 2.42. The lowest BCUT2D eigenvalue weighted by atomic mass is 9.77. The number of ether oxygens (including phenoxy) is 4. The third-order valence-corrected chi connectivity index (χ3v) is 7.09. The van der Waals surface area contributed by atoms with Crippen LogP contribution in [0.4, 0.5) is 4.79 Å². The van der Waals surface area contributed by atoms with Gasteiger partial charge in [0.15, 0.2) is 11.5 Å². The number of likely N-dealkylation sites (N-methyl/N-ethyl adjacent to an activating group) is 1. The molecule has 0 fully saturated rings. The first-order valence-corrected chi connectivity index (χ1v) is 12.6. The summed E-state index contributed by atoms with van der Waals surface area (Å²) in [5.41, 5.74) is 4.91. The van der Waals surface area contributed by atoms with Crippen molar-refractivity contribution < 1.29 is 28.5 Å². The molecule has 2 aliphatic rings. The molecular weight excluding hydrogens is 496 g/mol. The topological polar surface area (TPSA) is 77.5 Å². The minimum atomic E-state index is -0.682. The third-order valence-electron chi connectivity index (χ3n) is 7.09. The third kappa shape index (κ3) is 6.87. The Kier molecular flexibility index (Phi) is 10.1. The summed E-state index contributed by atoms with van der Waals surface area (Å²) in [5, 5.41) is 0. The number of hydrogen-bond donors (Lipinski definition) is 0. The molecule has 2 aromatic rings. The van der Waals surface area contributed by atoms with Gasteiger partial charge in [-0.25, -0.2) is 4.79 Å². The van der Waals surface area contributed by atoms with Gasteiger partial charge in [-0.15, -0.1) is 12.4 Å². The van der Waals surface area contributed by atoms with E-state index in [0.29, 0.717) is 37.7 Å². The summed E-state index contributed by atoms with van der Waals surface area (Å²) < 4.78 is 21.0. The number of fused-ring (bicyclic) bond motifs is 2. The average molecular weight is 533 g/mol. The molecule has 4 rings (SSSR count). The van der Waals surface area contributed by atoms with E-state index in [4.69, 9.17) is 18.9 Å². The van der Waals surface area contributed by atoms with Crippen molar-refractivity contribution in [3.8, 4) is 17.2 Å². The highest BCUT2D eigenvalue weighted by Gasteiger charge is 2.28. The van der Waals surface area contributed by atoms with Gasteiger partial charge in [-0.05, 0) is 79.8 Å². The summed E-state index contributed by atoms with van der Waals surface area (Å²) in [7, 11) is 5.35. The van der Waals surface area contributed by atoms with Crippen molar-refractivity contribution in [2.75, 3.05) is 54.1 Å². The monoisotopic (exact) mass is 532 g/mol. The van der Waals surface area contributed by atoms with Gasteiger partial charge < -0.3 is 28.7 Å². The van der Waals surface area contributed by atoms with Crippen molar-refractivity contribution in [1.29, 1.82) is 0 Å². The Morgan fingerprint density at radius 1 is 1.00 bits per heavy atom. The number of hydrogen-bond acceptors (Lipinski definition) is 7. The highest BCUT2D eigenvalue weighted by molar-refractivity contribution is 5.85. The predicted octanol–water partition coefficient (Wildman–Crippen LogP) is 4.25. The summed E-state index contributed by atoms with van der Waals surface area (Å²) in [4.78, 5) is 28.8. The number of carbonyl (C=O) groups excluding carboxylic acids is 2. The SMILES string of the molecule is CCOC(=O)Oc1ccc2c(c1)C(CN(C)CCC(=O)N1CCc3cc(OC)c(OC)cc3CC1)C2.Cl. The van der Waals surface area contributed by atoms with Crippen molar-refractivity contribution in [3.05, 3.63) is 52.6 Å². The van der Waals surface area contributed by atoms with Crippen LogP contribution in [0, 0.1) is 0 Å². The zero-order valence-electron chi connectivity index (χ0n) is 22.1. The fourth-order valence-electron chi connectivity index (χ4n) is 5.07. The molecule has 0 saturated heterocycles. The molecule has 0 saturated carbocycles. The molecule has 202 valence electrons. The van der Waals surface area contributed by atoms with Gasteiger partial charge in [0.1, 0.15) is 5.75 Å². The molecule has 1 aliphatic heterocycles. The first-order valence-electron chi connectivity index (χ1n) is 12.6. The second-order valence-corrected chi connectivity index (χ2v) is 9.42. The van der Waals surface area contributed by atoms with E-state index >= 15 is 0 Å². The van der Waals surface area contributed by atoms with Gasteiger partial charge in [0.05, 0.1) is 20.8 Å². The zero-order valence-corrected chi connectivity index (χ0v) is 22.9. The Morgan fingerprint density at radius 2 is 1.65 bits per heavy atom. The van der Waals surface area contributed by atoms with Crippen molar-refractivity contribution >= 4 is 24.5 Å². The first-order chi connectivity index (χ1) is 17.4. The Hall–Kier alpha value is -2.97. The van der Waals surface area contributed by atoms with Crippen molar-refractivity contribution in [3.63, 3.8) is 0 Å². The number of nitrogens with zero attached hydrogens (tertiary/aromatic N) is 2. The summed E-state index contributed by atoms with van der Waals surface area (Å²) in [5.74, 6) is 2.52. The molecule has 0 spiro atoms. The fraction of sp³-hybridized carbons (Fsp3) is 0.500. The van der Waals surface area contributed by atoms with Crippen molar-refractivity contribution in [2.45, 2.75) is 38.5 Å². The first kappa shape index (κ1) is 28.6. The molecule has 0 N–H and O–H groups in total. The van der Waals surface area contributed by atoms with Crippen LogP contribution in [0.15, 0.2) is 30.3 Å². The maximum atomic E-state index is 13.0. The second kappa shape index (κ2) is 13.0. The molecule has 1 atom stereocenters. The van der Waals surface area contributed by atoms with Crippen molar-refractivity contribution in [1.82, 2.24) is 9.80 Å². The van der Waals surface area contributed by atoms with Crippen LogP contribution in [0.1, 0.15) is 41.5 Å². The van der Waals surface area contributed by atoms with Crippen LogP contribution in [-0.2, 0) is 28.8 Å². The Balaban J connectivity index is 0.00000380. The predicted molar refractivity (Wildman–Crippen MR) is 143 cm³/mol. The van der Waals surface area contributed by atoms with Crippen LogP contribution in [-0.4, -0.2) is 75.9 Å². The minimum Gasteiger partial charge on any atom is -0.493 e. The van der Waals surface area contributed by atoms with Gasteiger partial charge in [-0.2, -0.15) is 0 Å². The highest BCUT2D eigenvalue weighted by atomic mass is 35.5. The standard InChI is InChI=1S/C28H36N2O6.ClH/c1-5-35-28(32)36-23-7-6-21-14-22(24(21)17-23)18-29(2)11-10-27(31)30-12-8-19-15-25(33-3)26(34-4)16-20(19)9-13-30;/h6-7,15-17,22H,5,8-14,18H2,1-4H3;1H. The van der Waals surface area contributed by atoms with Crippen LogP contribution in [0.25, 0.3) is 0 Å². The number of carbonyl (C=O) groups is 2. The fourth-order valence-corrected chi connectivity index (χ4v) is 5.07. The Morgan fingerprint density at radius 3 is 2.24 bits per heavy atom. The normalized spacial score (nSPS) is 15.9. The van der Waals surface area contributed by atoms with Gasteiger partial charge >= 0.3 is 6.16 Å². The van der Waals surface area contributed by atoms with E-state index in [9.17, 15) is 9.59 Å². The van der Waals surface area contributed by atoms with Gasteiger partial charge in [0.2, 0.25) is 5.91 Å². The van der Waals surface area contributed by atoms with Crippen LogP contribution in [0.2, 0.25) is 0 Å². The molecule has 1 amide bonds. The van der Waals surface area contributed by atoms with Crippen molar-refractivity contribution in [2.24, 2.45) is 0 Å². The van der Waals surface area contributed by atoms with Crippen LogP contribution in [0.5, 0.6) is 17.2 Å². The molecule has 1 unspecified atom stereocenters. The van der Waals surface area contributed by atoms with E-state index in [0.717, 1.165) is 37.3 Å². The molecule has 0 bridgehead atoms. The summed E-state index contributed by atoms with van der Waals surface area (Å²) >= 11 is 0. The largest absolute Gasteiger partial charge is 0.513 e. The van der Waals surface area contributed by atoms with Gasteiger partial charge in [0, 0.05) is 38.5 Å². The maximum absolute atomic E-state index is 13.0. The molecule has 1 heterocycles. The lowest BCUT2D eigenvalue weighted by Gasteiger charge is -2.34. The number of amides is 1. The molecule has 1 aliphatic carbocycles.